The maximum atomic E-state index is 13.3. The third-order valence-electron chi connectivity index (χ3n) is 2.35. The molecule has 0 bridgehead atoms. The van der Waals surface area contributed by atoms with Gasteiger partial charge in [-0.3, -0.25) is 0 Å². The summed E-state index contributed by atoms with van der Waals surface area (Å²) in [5, 5.41) is 0. The summed E-state index contributed by atoms with van der Waals surface area (Å²) < 4.78 is 18.5. The van der Waals surface area contributed by atoms with Crippen molar-refractivity contribution < 1.29 is 9.13 Å². The number of anilines is 1. The number of nitrogen functional groups attached to an aromatic ring is 1. The van der Waals surface area contributed by atoms with Gasteiger partial charge in [0.2, 0.25) is 0 Å². The van der Waals surface area contributed by atoms with Crippen LogP contribution in [0.5, 0.6) is 5.75 Å². The molecule has 2 rings (SSSR count). The molecule has 0 saturated heterocycles. The number of hydrogen-bond acceptors (Lipinski definition) is 4. The van der Waals surface area contributed by atoms with Crippen molar-refractivity contribution in [2.24, 2.45) is 0 Å². The summed E-state index contributed by atoms with van der Waals surface area (Å²) in [5.41, 5.74) is 7.59. The number of methoxy groups -OCH3 is 1. The van der Waals surface area contributed by atoms with Gasteiger partial charge in [0.1, 0.15) is 17.8 Å². The van der Waals surface area contributed by atoms with E-state index in [1.807, 2.05) is 13.0 Å². The lowest BCUT2D eigenvalue weighted by molar-refractivity contribution is 0.415. The van der Waals surface area contributed by atoms with Crippen LogP contribution in [0.2, 0.25) is 0 Å². The second-order valence-corrected chi connectivity index (χ2v) is 3.66. The molecule has 0 amide bonds. The van der Waals surface area contributed by atoms with Gasteiger partial charge in [-0.2, -0.15) is 0 Å². The molecule has 88 valence electrons. The van der Waals surface area contributed by atoms with Crippen LogP contribution in [0.1, 0.15) is 5.56 Å². The number of nitrogens with zero attached hydrogens (tertiary/aromatic N) is 2. The Labute approximate surface area is 98.3 Å². The second kappa shape index (κ2) is 4.37. The molecule has 0 atom stereocenters. The first-order chi connectivity index (χ1) is 8.11. The molecule has 0 spiro atoms. The average Bonchev–Trinajstić information content (AvgIpc) is 2.27. The Bertz CT molecular complexity index is 537. The fourth-order valence-corrected chi connectivity index (χ4v) is 1.67. The number of aryl methyl sites for hydroxylation is 1. The Hall–Kier alpha value is -2.17. The van der Waals surface area contributed by atoms with Crippen molar-refractivity contribution in [3.8, 4) is 17.0 Å². The Morgan fingerprint density at radius 1 is 1.24 bits per heavy atom. The molecule has 0 fully saturated rings. The third kappa shape index (κ3) is 2.18. The largest absolute Gasteiger partial charge is 0.491 e. The summed E-state index contributed by atoms with van der Waals surface area (Å²) in [7, 11) is 1.48. The van der Waals surface area contributed by atoms with E-state index in [1.54, 1.807) is 0 Å². The lowest BCUT2D eigenvalue weighted by atomic mass is 10.1. The number of benzene rings is 1. The zero-order valence-corrected chi connectivity index (χ0v) is 9.57. The van der Waals surface area contributed by atoms with Crippen molar-refractivity contribution in [1.82, 2.24) is 9.97 Å². The van der Waals surface area contributed by atoms with E-state index in [4.69, 9.17) is 10.5 Å². The van der Waals surface area contributed by atoms with Gasteiger partial charge in [0.15, 0.2) is 11.6 Å². The third-order valence-corrected chi connectivity index (χ3v) is 2.35. The highest BCUT2D eigenvalue weighted by Crippen LogP contribution is 2.31. The van der Waals surface area contributed by atoms with Gasteiger partial charge < -0.3 is 10.5 Å². The molecule has 0 aliphatic rings. The van der Waals surface area contributed by atoms with Gasteiger partial charge >= 0.3 is 0 Å². The van der Waals surface area contributed by atoms with E-state index in [2.05, 4.69) is 9.97 Å². The van der Waals surface area contributed by atoms with Crippen LogP contribution in [0.25, 0.3) is 11.3 Å². The molecule has 1 heterocycles. The summed E-state index contributed by atoms with van der Waals surface area (Å²) in [5.74, 6) is 0.274. The summed E-state index contributed by atoms with van der Waals surface area (Å²) in [6, 6.07) is 4.64. The predicted octanol–water partition coefficient (Wildman–Crippen LogP) is 2.18. The first kappa shape index (κ1) is 11.3. The smallest absolute Gasteiger partial charge is 0.187 e. The van der Waals surface area contributed by atoms with Crippen molar-refractivity contribution in [2.45, 2.75) is 6.92 Å². The molecule has 0 aliphatic heterocycles. The lowest BCUT2D eigenvalue weighted by Gasteiger charge is -2.09. The van der Waals surface area contributed by atoms with Crippen molar-refractivity contribution >= 4 is 5.82 Å². The first-order valence-electron chi connectivity index (χ1n) is 5.04. The molecule has 0 unspecified atom stereocenters. The van der Waals surface area contributed by atoms with Crippen LogP contribution < -0.4 is 10.5 Å². The van der Waals surface area contributed by atoms with Crippen molar-refractivity contribution in [3.05, 3.63) is 35.9 Å². The molecule has 0 aliphatic carbocycles. The van der Waals surface area contributed by atoms with Gasteiger partial charge in [0.25, 0.3) is 0 Å². The molecule has 2 aromatic rings. The highest BCUT2D eigenvalue weighted by atomic mass is 19.1. The predicted molar refractivity (Wildman–Crippen MR) is 63.1 cm³/mol. The molecular weight excluding hydrogens is 221 g/mol. The number of rotatable bonds is 2. The van der Waals surface area contributed by atoms with Crippen LogP contribution in [0.15, 0.2) is 24.5 Å². The van der Waals surface area contributed by atoms with Crippen molar-refractivity contribution in [2.75, 3.05) is 12.8 Å². The SMILES string of the molecule is COc1c(N)ncnc1-c1cc(C)cc(F)c1. The van der Waals surface area contributed by atoms with Gasteiger partial charge in [-0.15, -0.1) is 0 Å². The van der Waals surface area contributed by atoms with Crippen LogP contribution in [-0.4, -0.2) is 17.1 Å². The quantitative estimate of drug-likeness (QED) is 0.863. The normalized spacial score (nSPS) is 10.3. The Morgan fingerprint density at radius 3 is 2.65 bits per heavy atom. The minimum Gasteiger partial charge on any atom is -0.491 e. The summed E-state index contributed by atoms with van der Waals surface area (Å²) in [6.07, 6.45) is 1.33. The van der Waals surface area contributed by atoms with Crippen molar-refractivity contribution in [3.63, 3.8) is 0 Å². The van der Waals surface area contributed by atoms with Crippen LogP contribution in [0.4, 0.5) is 10.2 Å². The molecule has 0 radical (unpaired) electrons. The average molecular weight is 233 g/mol. The topological polar surface area (TPSA) is 61.0 Å². The van der Waals surface area contributed by atoms with Gasteiger partial charge in [0.05, 0.1) is 7.11 Å². The number of nitrogens with two attached hydrogens (primary N) is 1. The van der Waals surface area contributed by atoms with E-state index in [-0.39, 0.29) is 11.6 Å². The molecule has 1 aromatic carbocycles. The number of aromatic nitrogens is 2. The summed E-state index contributed by atoms with van der Waals surface area (Å²) in [6.45, 7) is 1.81. The zero-order chi connectivity index (χ0) is 12.4. The monoisotopic (exact) mass is 233 g/mol. The fraction of sp³-hybridized carbons (Fsp3) is 0.167. The summed E-state index contributed by atoms with van der Waals surface area (Å²) in [4.78, 5) is 7.91. The number of ether oxygens (including phenoxy) is 1. The van der Waals surface area contributed by atoms with E-state index in [1.165, 1.54) is 25.6 Å². The van der Waals surface area contributed by atoms with E-state index >= 15 is 0 Å². The highest BCUT2D eigenvalue weighted by Gasteiger charge is 2.12. The van der Waals surface area contributed by atoms with E-state index in [0.29, 0.717) is 17.0 Å². The van der Waals surface area contributed by atoms with Gasteiger partial charge in [-0.1, -0.05) is 0 Å². The zero-order valence-electron chi connectivity index (χ0n) is 9.57. The second-order valence-electron chi connectivity index (χ2n) is 3.66. The Kier molecular flexibility index (Phi) is 2.91. The maximum absolute atomic E-state index is 13.3. The number of halogens is 1. The lowest BCUT2D eigenvalue weighted by Crippen LogP contribution is -2.00. The summed E-state index contributed by atoms with van der Waals surface area (Å²) >= 11 is 0. The molecule has 17 heavy (non-hydrogen) atoms. The van der Waals surface area contributed by atoms with Gasteiger partial charge in [-0.25, -0.2) is 14.4 Å². The molecule has 1 aromatic heterocycles. The fourth-order valence-electron chi connectivity index (χ4n) is 1.67. The van der Waals surface area contributed by atoms with Gasteiger partial charge in [-0.05, 0) is 30.7 Å². The highest BCUT2D eigenvalue weighted by molar-refractivity contribution is 5.71. The maximum Gasteiger partial charge on any atom is 0.187 e. The minimum absolute atomic E-state index is 0.236. The molecule has 2 N–H and O–H groups in total. The number of hydrogen-bond donors (Lipinski definition) is 1. The van der Waals surface area contributed by atoms with E-state index < -0.39 is 0 Å². The minimum atomic E-state index is -0.320. The standard InChI is InChI=1S/C12H12FN3O/c1-7-3-8(5-9(13)4-7)10-11(17-2)12(14)16-6-15-10/h3-6H,1-2H3,(H2,14,15,16). The molecule has 4 nitrogen and oxygen atoms in total. The van der Waals surface area contributed by atoms with E-state index in [9.17, 15) is 4.39 Å². The van der Waals surface area contributed by atoms with Crippen molar-refractivity contribution in [1.29, 1.82) is 0 Å². The van der Waals surface area contributed by atoms with Crippen LogP contribution in [-0.2, 0) is 0 Å². The molecule has 0 saturated carbocycles. The Balaban J connectivity index is 2.63. The molecular formula is C12H12FN3O. The van der Waals surface area contributed by atoms with Crippen LogP contribution in [0, 0.1) is 12.7 Å². The first-order valence-corrected chi connectivity index (χ1v) is 5.04. The van der Waals surface area contributed by atoms with Crippen LogP contribution >= 0.6 is 0 Å². The van der Waals surface area contributed by atoms with E-state index in [0.717, 1.165) is 5.56 Å². The van der Waals surface area contributed by atoms with Crippen LogP contribution in [0.3, 0.4) is 0 Å². The molecule has 5 heteroatoms. The van der Waals surface area contributed by atoms with Gasteiger partial charge in [0, 0.05) is 5.56 Å². The Morgan fingerprint density at radius 2 is 2.00 bits per heavy atom.